The van der Waals surface area contributed by atoms with Gasteiger partial charge in [0.1, 0.15) is 17.3 Å². The second kappa shape index (κ2) is 8.28. The number of anilines is 1. The molecule has 0 saturated carbocycles. The summed E-state index contributed by atoms with van der Waals surface area (Å²) in [4.78, 5) is 10.0. The first kappa shape index (κ1) is 20.5. The van der Waals surface area contributed by atoms with Gasteiger partial charge in [-0.2, -0.15) is 9.61 Å². The van der Waals surface area contributed by atoms with Gasteiger partial charge >= 0.3 is 0 Å². The number of rotatable bonds is 4. The zero-order valence-corrected chi connectivity index (χ0v) is 19.1. The summed E-state index contributed by atoms with van der Waals surface area (Å²) in [6.07, 6.45) is 3.31. The lowest BCUT2D eigenvalue weighted by atomic mass is 10.0. The van der Waals surface area contributed by atoms with Crippen molar-refractivity contribution in [3.8, 4) is 11.3 Å². The van der Waals surface area contributed by atoms with E-state index in [9.17, 15) is 0 Å². The number of ether oxygens (including phenoxy) is 1. The first-order valence-corrected chi connectivity index (χ1v) is 11.6. The van der Waals surface area contributed by atoms with E-state index in [0.717, 1.165) is 79.9 Å². The zero-order chi connectivity index (χ0) is 21.5. The lowest BCUT2D eigenvalue weighted by molar-refractivity contribution is 0.0114. The molecule has 0 atom stereocenters. The topological polar surface area (TPSA) is 59.0 Å². The Bertz CT molecular complexity index is 1070. The van der Waals surface area contributed by atoms with E-state index in [0.29, 0.717) is 6.04 Å². The van der Waals surface area contributed by atoms with Gasteiger partial charge in [-0.05, 0) is 46.1 Å². The van der Waals surface area contributed by atoms with E-state index >= 15 is 0 Å². The van der Waals surface area contributed by atoms with Crippen LogP contribution in [0.25, 0.3) is 16.9 Å². The fraction of sp³-hybridized carbons (Fsp3) is 0.583. The van der Waals surface area contributed by atoms with Gasteiger partial charge in [0.25, 0.3) is 0 Å². The van der Waals surface area contributed by atoms with Crippen LogP contribution in [0.4, 0.5) is 5.82 Å². The molecular formula is C24H33N5O2. The SMILES string of the molecule is CCc1c(C)nc2cc(-c3cc(C)oc3C)nn2c1N1CCC(N2CCOCC2)CC1. The highest BCUT2D eigenvalue weighted by molar-refractivity contribution is 5.69. The molecule has 0 unspecified atom stereocenters. The van der Waals surface area contributed by atoms with Crippen molar-refractivity contribution < 1.29 is 9.15 Å². The van der Waals surface area contributed by atoms with Crippen LogP contribution in [0.15, 0.2) is 16.5 Å². The van der Waals surface area contributed by atoms with Crippen LogP contribution in [0.1, 0.15) is 42.5 Å². The van der Waals surface area contributed by atoms with Gasteiger partial charge in [0.2, 0.25) is 0 Å². The molecule has 0 aromatic carbocycles. The number of furan rings is 1. The summed E-state index contributed by atoms with van der Waals surface area (Å²) in [7, 11) is 0. The second-order valence-electron chi connectivity index (χ2n) is 8.85. The van der Waals surface area contributed by atoms with E-state index in [1.54, 1.807) is 0 Å². The molecule has 2 aliphatic heterocycles. The largest absolute Gasteiger partial charge is 0.466 e. The van der Waals surface area contributed by atoms with E-state index in [2.05, 4.69) is 40.3 Å². The molecule has 166 valence electrons. The summed E-state index contributed by atoms with van der Waals surface area (Å²) in [6.45, 7) is 14.3. The molecule has 0 aliphatic carbocycles. The Morgan fingerprint density at radius 3 is 2.42 bits per heavy atom. The smallest absolute Gasteiger partial charge is 0.158 e. The molecule has 2 saturated heterocycles. The molecule has 2 fully saturated rings. The van der Waals surface area contributed by atoms with Crippen molar-refractivity contribution in [2.24, 2.45) is 0 Å². The van der Waals surface area contributed by atoms with Crippen molar-refractivity contribution in [2.45, 2.75) is 53.0 Å². The third-order valence-corrected chi connectivity index (χ3v) is 6.88. The fourth-order valence-corrected chi connectivity index (χ4v) is 5.28. The molecule has 0 radical (unpaired) electrons. The molecule has 0 N–H and O–H groups in total. The summed E-state index contributed by atoms with van der Waals surface area (Å²) < 4.78 is 13.4. The van der Waals surface area contributed by atoms with Crippen molar-refractivity contribution in [1.82, 2.24) is 19.5 Å². The Labute approximate surface area is 184 Å². The summed E-state index contributed by atoms with van der Waals surface area (Å²) in [5.41, 5.74) is 5.29. The highest BCUT2D eigenvalue weighted by Gasteiger charge is 2.29. The van der Waals surface area contributed by atoms with Crippen molar-refractivity contribution in [1.29, 1.82) is 0 Å². The van der Waals surface area contributed by atoms with E-state index in [1.807, 2.05) is 13.8 Å². The van der Waals surface area contributed by atoms with E-state index < -0.39 is 0 Å². The van der Waals surface area contributed by atoms with Gasteiger partial charge in [-0.25, -0.2) is 4.98 Å². The van der Waals surface area contributed by atoms with E-state index in [-0.39, 0.29) is 0 Å². The Kier molecular flexibility index (Phi) is 5.48. The highest BCUT2D eigenvalue weighted by Crippen LogP contribution is 2.32. The number of hydrogen-bond acceptors (Lipinski definition) is 6. The number of piperidine rings is 1. The quantitative estimate of drug-likeness (QED) is 0.637. The minimum absolute atomic E-state index is 0.661. The normalized spacial score (nSPS) is 18.9. The van der Waals surface area contributed by atoms with Crippen LogP contribution in [0.3, 0.4) is 0 Å². The molecule has 0 bridgehead atoms. The lowest BCUT2D eigenvalue weighted by Gasteiger charge is -2.41. The van der Waals surface area contributed by atoms with E-state index in [1.165, 1.54) is 24.2 Å². The second-order valence-corrected chi connectivity index (χ2v) is 8.85. The van der Waals surface area contributed by atoms with Crippen LogP contribution >= 0.6 is 0 Å². The van der Waals surface area contributed by atoms with Gasteiger partial charge in [0, 0.05) is 55.1 Å². The summed E-state index contributed by atoms with van der Waals surface area (Å²) in [5.74, 6) is 3.03. The number of hydrogen-bond donors (Lipinski definition) is 0. The molecule has 0 amide bonds. The first-order chi connectivity index (χ1) is 15.0. The van der Waals surface area contributed by atoms with E-state index in [4.69, 9.17) is 19.2 Å². The average Bonchev–Trinajstić information content (AvgIpc) is 3.35. The molecule has 3 aromatic heterocycles. The highest BCUT2D eigenvalue weighted by atomic mass is 16.5. The maximum Gasteiger partial charge on any atom is 0.158 e. The molecule has 5 heterocycles. The molecule has 7 heteroatoms. The summed E-state index contributed by atoms with van der Waals surface area (Å²) >= 11 is 0. The van der Waals surface area contributed by atoms with Crippen LogP contribution in [-0.2, 0) is 11.2 Å². The molecule has 3 aromatic rings. The first-order valence-electron chi connectivity index (χ1n) is 11.6. The van der Waals surface area contributed by atoms with Crippen molar-refractivity contribution in [2.75, 3.05) is 44.3 Å². The lowest BCUT2D eigenvalue weighted by Crippen LogP contribution is -2.49. The Morgan fingerprint density at radius 1 is 1.03 bits per heavy atom. The fourth-order valence-electron chi connectivity index (χ4n) is 5.28. The van der Waals surface area contributed by atoms with Gasteiger partial charge in [-0.15, -0.1) is 0 Å². The molecule has 5 rings (SSSR count). The number of nitrogens with zero attached hydrogens (tertiary/aromatic N) is 5. The number of aryl methyl sites for hydroxylation is 3. The average molecular weight is 424 g/mol. The van der Waals surface area contributed by atoms with Crippen LogP contribution in [0, 0.1) is 20.8 Å². The van der Waals surface area contributed by atoms with Gasteiger partial charge in [-0.3, -0.25) is 4.90 Å². The monoisotopic (exact) mass is 423 g/mol. The molecular weight excluding hydrogens is 390 g/mol. The van der Waals surface area contributed by atoms with Crippen LogP contribution in [0.2, 0.25) is 0 Å². The predicted octanol–water partition coefficient (Wildman–Crippen LogP) is 3.78. The minimum atomic E-state index is 0.661. The molecule has 2 aliphatic rings. The molecule has 7 nitrogen and oxygen atoms in total. The number of aromatic nitrogens is 3. The third-order valence-electron chi connectivity index (χ3n) is 6.88. The van der Waals surface area contributed by atoms with Crippen LogP contribution in [-0.4, -0.2) is 64.9 Å². The number of morpholine rings is 1. The van der Waals surface area contributed by atoms with Crippen molar-refractivity contribution in [3.63, 3.8) is 0 Å². The summed E-state index contributed by atoms with van der Waals surface area (Å²) in [5, 5.41) is 5.02. The van der Waals surface area contributed by atoms with Crippen molar-refractivity contribution in [3.05, 3.63) is 34.9 Å². The van der Waals surface area contributed by atoms with Gasteiger partial charge < -0.3 is 14.1 Å². The molecule has 31 heavy (non-hydrogen) atoms. The Balaban J connectivity index is 1.49. The van der Waals surface area contributed by atoms with Gasteiger partial charge in [0.05, 0.1) is 18.9 Å². The van der Waals surface area contributed by atoms with Crippen molar-refractivity contribution >= 4 is 11.5 Å². The van der Waals surface area contributed by atoms with Gasteiger partial charge in [0.15, 0.2) is 5.65 Å². The predicted molar refractivity (Wildman–Crippen MR) is 122 cm³/mol. The third kappa shape index (κ3) is 3.74. The maximum atomic E-state index is 5.76. The number of fused-ring (bicyclic) bond motifs is 1. The Morgan fingerprint density at radius 2 is 1.77 bits per heavy atom. The van der Waals surface area contributed by atoms with Crippen LogP contribution in [0.5, 0.6) is 0 Å². The van der Waals surface area contributed by atoms with Gasteiger partial charge in [-0.1, -0.05) is 6.92 Å². The van der Waals surface area contributed by atoms with Crippen LogP contribution < -0.4 is 4.90 Å². The maximum absolute atomic E-state index is 5.76. The standard InChI is InChI=1S/C24H33N5O2/c1-5-20-17(3)25-23-15-22(21-14-16(2)31-18(21)4)26-29(23)24(20)28-8-6-19(7-9-28)27-10-12-30-13-11-27/h14-15,19H,5-13H2,1-4H3. The molecule has 0 spiro atoms. The summed E-state index contributed by atoms with van der Waals surface area (Å²) in [6, 6.07) is 4.82. The minimum Gasteiger partial charge on any atom is -0.466 e. The Hall–Kier alpha value is -2.38. The zero-order valence-electron chi connectivity index (χ0n) is 19.1.